The van der Waals surface area contributed by atoms with Gasteiger partial charge in [-0.05, 0) is 42.7 Å². The number of likely N-dealkylation sites (tertiary alicyclic amines) is 1. The summed E-state index contributed by atoms with van der Waals surface area (Å²) in [6, 6.07) is 7.90. The number of aliphatic hydroxyl groups excluding tert-OH is 1. The normalized spacial score (nSPS) is 18.4. The summed E-state index contributed by atoms with van der Waals surface area (Å²) in [5, 5.41) is 13.3. The maximum absolute atomic E-state index is 13.0. The van der Waals surface area contributed by atoms with Crippen LogP contribution in [0.5, 0.6) is 5.75 Å². The van der Waals surface area contributed by atoms with Crippen LogP contribution >= 0.6 is 22.9 Å². The highest BCUT2D eigenvalue weighted by molar-refractivity contribution is 7.10. The Morgan fingerprint density at radius 2 is 2.00 bits per heavy atom. The molecule has 8 heteroatoms. The van der Waals surface area contributed by atoms with Crippen molar-refractivity contribution in [3.63, 3.8) is 0 Å². The van der Waals surface area contributed by atoms with Crippen molar-refractivity contribution >= 4 is 40.4 Å². The molecule has 1 aromatic heterocycles. The van der Waals surface area contributed by atoms with Crippen molar-refractivity contribution in [1.82, 2.24) is 9.80 Å². The molecule has 1 N–H and O–H groups in total. The molecule has 1 aliphatic rings. The molecule has 30 heavy (non-hydrogen) atoms. The van der Waals surface area contributed by atoms with E-state index >= 15 is 0 Å². The maximum Gasteiger partial charge on any atom is 0.295 e. The summed E-state index contributed by atoms with van der Waals surface area (Å²) in [4.78, 5) is 30.5. The van der Waals surface area contributed by atoms with Crippen molar-refractivity contribution in [3.05, 3.63) is 56.7 Å². The summed E-state index contributed by atoms with van der Waals surface area (Å²) >= 11 is 7.74. The van der Waals surface area contributed by atoms with Crippen LogP contribution in [0, 0.1) is 0 Å². The Morgan fingerprint density at radius 3 is 2.60 bits per heavy atom. The molecule has 0 bridgehead atoms. The van der Waals surface area contributed by atoms with Crippen LogP contribution in [-0.2, 0) is 9.59 Å². The number of aliphatic hydroxyl groups is 1. The minimum Gasteiger partial charge on any atom is -0.507 e. The first-order valence-corrected chi connectivity index (χ1v) is 11.1. The summed E-state index contributed by atoms with van der Waals surface area (Å²) < 4.78 is 5.22. The molecule has 0 spiro atoms. The lowest BCUT2D eigenvalue weighted by Crippen LogP contribution is -2.37. The molecule has 1 aliphatic heterocycles. The third-order valence-electron chi connectivity index (χ3n) is 5.33. The van der Waals surface area contributed by atoms with Crippen LogP contribution in [0.15, 0.2) is 41.3 Å². The third-order valence-corrected chi connectivity index (χ3v) is 6.59. The zero-order valence-electron chi connectivity index (χ0n) is 17.2. The predicted molar refractivity (Wildman–Crippen MR) is 119 cm³/mol. The number of hydrogen-bond donors (Lipinski definition) is 1. The first kappa shape index (κ1) is 22.3. The summed E-state index contributed by atoms with van der Waals surface area (Å²) in [7, 11) is 1.50. The lowest BCUT2D eigenvalue weighted by molar-refractivity contribution is -0.140. The summed E-state index contributed by atoms with van der Waals surface area (Å²) in [5.41, 5.74) is 0.316. The number of rotatable bonds is 8. The van der Waals surface area contributed by atoms with Crippen molar-refractivity contribution in [1.29, 1.82) is 0 Å². The number of methoxy groups -OCH3 is 1. The van der Waals surface area contributed by atoms with Gasteiger partial charge in [-0.25, -0.2) is 0 Å². The SMILES string of the molecule is CCN(CC)CCN1C(=O)C(=O)/C(=C(\O)c2cc(OC)ccc2Cl)C1c1cccs1. The number of carbonyl (C=O) groups is 2. The minimum absolute atomic E-state index is 0.0529. The number of ketones is 1. The van der Waals surface area contributed by atoms with Crippen molar-refractivity contribution < 1.29 is 19.4 Å². The Morgan fingerprint density at radius 1 is 1.27 bits per heavy atom. The van der Waals surface area contributed by atoms with Gasteiger partial charge < -0.3 is 19.6 Å². The summed E-state index contributed by atoms with van der Waals surface area (Å²) in [5.74, 6) is -1.11. The van der Waals surface area contributed by atoms with E-state index in [9.17, 15) is 14.7 Å². The molecule has 1 saturated heterocycles. The van der Waals surface area contributed by atoms with Gasteiger partial charge in [0.05, 0.1) is 23.7 Å². The second kappa shape index (κ2) is 9.64. The van der Waals surface area contributed by atoms with E-state index in [1.807, 2.05) is 17.5 Å². The first-order valence-electron chi connectivity index (χ1n) is 9.80. The van der Waals surface area contributed by atoms with Crippen molar-refractivity contribution in [2.24, 2.45) is 0 Å². The quantitative estimate of drug-likeness (QED) is 0.373. The van der Waals surface area contributed by atoms with Crippen LogP contribution in [0.4, 0.5) is 0 Å². The van der Waals surface area contributed by atoms with Crippen LogP contribution in [0.1, 0.15) is 30.3 Å². The Labute approximate surface area is 185 Å². The Balaban J connectivity index is 2.09. The second-order valence-corrected chi connectivity index (χ2v) is 8.27. The largest absolute Gasteiger partial charge is 0.507 e. The fourth-order valence-corrected chi connectivity index (χ4v) is 4.65. The van der Waals surface area contributed by atoms with Crippen molar-refractivity contribution in [2.45, 2.75) is 19.9 Å². The maximum atomic E-state index is 13.0. The van der Waals surface area contributed by atoms with Gasteiger partial charge in [0.2, 0.25) is 0 Å². The highest BCUT2D eigenvalue weighted by atomic mass is 35.5. The van der Waals surface area contributed by atoms with Gasteiger partial charge in [0.1, 0.15) is 11.5 Å². The van der Waals surface area contributed by atoms with E-state index in [1.165, 1.54) is 18.4 Å². The number of carbonyl (C=O) groups excluding carboxylic acids is 2. The molecule has 0 radical (unpaired) electrons. The van der Waals surface area contributed by atoms with Gasteiger partial charge in [-0.1, -0.05) is 31.5 Å². The van der Waals surface area contributed by atoms with Gasteiger partial charge in [0.15, 0.2) is 0 Å². The van der Waals surface area contributed by atoms with E-state index in [4.69, 9.17) is 16.3 Å². The van der Waals surface area contributed by atoms with Gasteiger partial charge in [-0.2, -0.15) is 0 Å². The van der Waals surface area contributed by atoms with Gasteiger partial charge >= 0.3 is 0 Å². The zero-order chi connectivity index (χ0) is 21.8. The molecule has 1 fully saturated rings. The monoisotopic (exact) mass is 448 g/mol. The molecule has 1 aromatic carbocycles. The molecular formula is C22H25ClN2O4S. The average molecular weight is 449 g/mol. The number of thiophene rings is 1. The fraction of sp³-hybridized carbons (Fsp3) is 0.364. The fourth-order valence-electron chi connectivity index (χ4n) is 3.60. The molecule has 2 aromatic rings. The Bertz CT molecular complexity index is 954. The van der Waals surface area contributed by atoms with Gasteiger partial charge in [-0.15, -0.1) is 11.3 Å². The topological polar surface area (TPSA) is 70.1 Å². The molecule has 160 valence electrons. The lowest BCUT2D eigenvalue weighted by atomic mass is 9.99. The van der Waals surface area contributed by atoms with Crippen LogP contribution in [0.3, 0.4) is 0 Å². The van der Waals surface area contributed by atoms with Gasteiger partial charge in [0.25, 0.3) is 11.7 Å². The Kier molecular flexibility index (Phi) is 7.18. The van der Waals surface area contributed by atoms with Crippen LogP contribution in [0.2, 0.25) is 5.02 Å². The lowest BCUT2D eigenvalue weighted by Gasteiger charge is -2.27. The predicted octanol–water partition coefficient (Wildman–Crippen LogP) is 4.17. The molecule has 1 amide bonds. The molecule has 0 aliphatic carbocycles. The number of halogens is 1. The third kappa shape index (κ3) is 4.24. The minimum atomic E-state index is -0.704. The first-order chi connectivity index (χ1) is 14.4. The summed E-state index contributed by atoms with van der Waals surface area (Å²) in [6.07, 6.45) is 0. The highest BCUT2D eigenvalue weighted by Crippen LogP contribution is 2.42. The molecular weight excluding hydrogens is 424 g/mol. The standard InChI is InChI=1S/C22H25ClN2O4S/c1-4-24(5-2)10-11-25-19(17-7-6-12-30-17)18(21(27)22(25)28)20(26)15-13-14(29-3)8-9-16(15)23/h6-9,12-13,19,26H,4-5,10-11H2,1-3H3/b20-18-. The summed E-state index contributed by atoms with van der Waals surface area (Å²) in [6.45, 7) is 6.84. The Hall–Kier alpha value is -2.35. The molecule has 1 unspecified atom stereocenters. The van der Waals surface area contributed by atoms with E-state index in [0.29, 0.717) is 18.8 Å². The molecule has 3 rings (SSSR count). The van der Waals surface area contributed by atoms with Crippen LogP contribution in [-0.4, -0.2) is 59.9 Å². The highest BCUT2D eigenvalue weighted by Gasteiger charge is 2.46. The number of hydrogen-bond acceptors (Lipinski definition) is 6. The number of benzene rings is 1. The van der Waals surface area contributed by atoms with Gasteiger partial charge in [-0.3, -0.25) is 9.59 Å². The van der Waals surface area contributed by atoms with Crippen LogP contribution < -0.4 is 4.74 Å². The van der Waals surface area contributed by atoms with Crippen molar-refractivity contribution in [3.8, 4) is 5.75 Å². The second-order valence-electron chi connectivity index (χ2n) is 6.88. The molecule has 0 saturated carbocycles. The number of nitrogens with zero attached hydrogens (tertiary/aromatic N) is 2. The van der Waals surface area contributed by atoms with Crippen LogP contribution in [0.25, 0.3) is 5.76 Å². The van der Waals surface area contributed by atoms with Gasteiger partial charge in [0, 0.05) is 23.5 Å². The molecule has 2 heterocycles. The number of likely N-dealkylation sites (N-methyl/N-ethyl adjacent to an activating group) is 1. The van der Waals surface area contributed by atoms with E-state index in [2.05, 4.69) is 18.7 Å². The van der Waals surface area contributed by atoms with E-state index < -0.39 is 17.7 Å². The van der Waals surface area contributed by atoms with E-state index in [0.717, 1.165) is 18.0 Å². The smallest absolute Gasteiger partial charge is 0.295 e. The zero-order valence-corrected chi connectivity index (χ0v) is 18.8. The molecule has 1 atom stereocenters. The average Bonchev–Trinajstić information content (AvgIpc) is 3.36. The van der Waals surface area contributed by atoms with E-state index in [-0.39, 0.29) is 21.9 Å². The number of amides is 1. The van der Waals surface area contributed by atoms with E-state index in [1.54, 1.807) is 23.1 Å². The van der Waals surface area contributed by atoms with Crippen molar-refractivity contribution in [2.75, 3.05) is 33.3 Å². The number of Topliss-reactive ketones (excluding diaryl/α,β-unsaturated/α-hetero) is 1. The number of ether oxygens (including phenoxy) is 1. The molecule has 6 nitrogen and oxygen atoms in total.